The van der Waals surface area contributed by atoms with E-state index in [0.29, 0.717) is 17.7 Å². The molecule has 2 aromatic carbocycles. The van der Waals surface area contributed by atoms with Gasteiger partial charge >= 0.3 is 5.56 Å². The summed E-state index contributed by atoms with van der Waals surface area (Å²) in [7, 11) is 0. The minimum atomic E-state index is -0.658. The molecule has 0 aliphatic carbocycles. The van der Waals surface area contributed by atoms with Gasteiger partial charge in [-0.25, -0.2) is 0 Å². The van der Waals surface area contributed by atoms with Gasteiger partial charge in [0.1, 0.15) is 12.3 Å². The summed E-state index contributed by atoms with van der Waals surface area (Å²) in [5.74, 6) is 0. The number of para-hydroxylation sites is 1. The number of nitrogens with one attached hydrogen (secondary N) is 1. The third kappa shape index (κ3) is 4.00. The third-order valence-corrected chi connectivity index (χ3v) is 3.92. The van der Waals surface area contributed by atoms with Gasteiger partial charge in [0.05, 0.1) is 11.6 Å². The summed E-state index contributed by atoms with van der Waals surface area (Å²) >= 11 is 0. The van der Waals surface area contributed by atoms with E-state index in [0.717, 1.165) is 10.9 Å². The van der Waals surface area contributed by atoms with E-state index in [2.05, 4.69) is 5.32 Å². The first-order chi connectivity index (χ1) is 12.0. The minimum Gasteiger partial charge on any atom is -0.407 e. The summed E-state index contributed by atoms with van der Waals surface area (Å²) in [5.41, 5.74) is 3.16. The summed E-state index contributed by atoms with van der Waals surface area (Å²) in [5, 5.41) is 13.5. The summed E-state index contributed by atoms with van der Waals surface area (Å²) in [6.07, 6.45) is -0.658. The highest BCUT2D eigenvalue weighted by molar-refractivity contribution is 5.81. The number of fused-ring (bicyclic) bond motifs is 1. The number of aryl methyl sites for hydroxylation is 1. The van der Waals surface area contributed by atoms with Crippen LogP contribution in [0.5, 0.6) is 0 Å². The smallest absolute Gasteiger partial charge is 0.306 e. The third-order valence-electron chi connectivity index (χ3n) is 3.92. The Morgan fingerprint density at radius 3 is 2.60 bits per heavy atom. The number of benzene rings is 2. The Labute approximate surface area is 146 Å². The average molecular weight is 338 g/mol. The lowest BCUT2D eigenvalue weighted by Crippen LogP contribution is -2.32. The molecule has 0 radical (unpaired) electrons. The van der Waals surface area contributed by atoms with Crippen LogP contribution >= 0.6 is 0 Å². The maximum atomic E-state index is 12.8. The quantitative estimate of drug-likeness (QED) is 0.725. The Hall–Kier alpha value is -2.79. The molecular weight excluding hydrogens is 316 g/mol. The number of anilines is 1. The number of aromatic nitrogens is 1. The summed E-state index contributed by atoms with van der Waals surface area (Å²) in [4.78, 5) is 18.3. The van der Waals surface area contributed by atoms with Crippen LogP contribution in [0.25, 0.3) is 10.9 Å². The standard InChI is InChI=1S/C20H22N2O3/c1-14-7-9-16(10-8-14)12-21-18-11-17-5-3-4-6-19(17)22(20(18)24)25-13-15(2)23/h3-11,15,21,23H,12-13H2,1-2H3. The molecule has 0 spiro atoms. The van der Waals surface area contributed by atoms with Crippen LogP contribution in [0.1, 0.15) is 18.1 Å². The second-order valence-corrected chi connectivity index (χ2v) is 6.20. The fourth-order valence-electron chi connectivity index (χ4n) is 2.57. The van der Waals surface area contributed by atoms with E-state index in [1.165, 1.54) is 10.3 Å². The van der Waals surface area contributed by atoms with Crippen molar-refractivity contribution in [3.63, 3.8) is 0 Å². The van der Waals surface area contributed by atoms with Gasteiger partial charge in [0.15, 0.2) is 0 Å². The SMILES string of the molecule is Cc1ccc(CNc2cc3ccccc3n(OCC(C)O)c2=O)cc1. The predicted molar refractivity (Wildman–Crippen MR) is 99.8 cm³/mol. The van der Waals surface area contributed by atoms with Crippen molar-refractivity contribution >= 4 is 16.6 Å². The Balaban J connectivity index is 1.93. The van der Waals surface area contributed by atoms with E-state index in [4.69, 9.17) is 4.84 Å². The van der Waals surface area contributed by atoms with Gasteiger partial charge in [-0.1, -0.05) is 48.0 Å². The Morgan fingerprint density at radius 2 is 1.88 bits per heavy atom. The van der Waals surface area contributed by atoms with Gasteiger partial charge < -0.3 is 15.3 Å². The van der Waals surface area contributed by atoms with Crippen LogP contribution in [0, 0.1) is 6.92 Å². The first-order valence-electron chi connectivity index (χ1n) is 8.30. The highest BCUT2D eigenvalue weighted by Gasteiger charge is 2.11. The van der Waals surface area contributed by atoms with Crippen molar-refractivity contribution in [2.75, 3.05) is 11.9 Å². The van der Waals surface area contributed by atoms with Crippen molar-refractivity contribution in [2.24, 2.45) is 0 Å². The van der Waals surface area contributed by atoms with Gasteiger partial charge in [-0.3, -0.25) is 4.79 Å². The summed E-state index contributed by atoms with van der Waals surface area (Å²) in [6.45, 7) is 4.25. The van der Waals surface area contributed by atoms with Gasteiger partial charge in [0.2, 0.25) is 0 Å². The molecule has 5 nitrogen and oxygen atoms in total. The Morgan fingerprint density at radius 1 is 1.16 bits per heavy atom. The zero-order chi connectivity index (χ0) is 17.8. The predicted octanol–water partition coefficient (Wildman–Crippen LogP) is 2.73. The number of aliphatic hydroxyl groups is 1. The van der Waals surface area contributed by atoms with Gasteiger partial charge in [-0.2, -0.15) is 0 Å². The van der Waals surface area contributed by atoms with Crippen molar-refractivity contribution in [1.29, 1.82) is 0 Å². The van der Waals surface area contributed by atoms with Crippen LogP contribution in [-0.4, -0.2) is 22.5 Å². The molecule has 0 aliphatic rings. The van der Waals surface area contributed by atoms with Gasteiger partial charge in [0.25, 0.3) is 0 Å². The Bertz CT molecular complexity index is 914. The summed E-state index contributed by atoms with van der Waals surface area (Å²) < 4.78 is 1.25. The fraction of sp³-hybridized carbons (Fsp3) is 0.250. The van der Waals surface area contributed by atoms with Crippen LogP contribution in [0.4, 0.5) is 5.69 Å². The molecule has 3 rings (SSSR count). The van der Waals surface area contributed by atoms with Crippen LogP contribution in [0.2, 0.25) is 0 Å². The number of pyridine rings is 1. The molecule has 5 heteroatoms. The van der Waals surface area contributed by atoms with Crippen LogP contribution < -0.4 is 15.7 Å². The molecule has 3 aromatic rings. The number of hydrogen-bond donors (Lipinski definition) is 2. The van der Waals surface area contributed by atoms with Gasteiger partial charge in [0, 0.05) is 11.9 Å². The van der Waals surface area contributed by atoms with Crippen LogP contribution in [0.15, 0.2) is 59.4 Å². The highest BCUT2D eigenvalue weighted by atomic mass is 16.7. The van der Waals surface area contributed by atoms with Crippen molar-refractivity contribution < 1.29 is 9.94 Å². The Kier molecular flexibility index (Phi) is 5.05. The van der Waals surface area contributed by atoms with Crippen molar-refractivity contribution in [3.8, 4) is 0 Å². The lowest BCUT2D eigenvalue weighted by molar-refractivity contribution is 0.0365. The second kappa shape index (κ2) is 7.40. The molecule has 25 heavy (non-hydrogen) atoms. The summed E-state index contributed by atoms with van der Waals surface area (Å²) in [6, 6.07) is 17.5. The van der Waals surface area contributed by atoms with E-state index < -0.39 is 6.10 Å². The molecule has 130 valence electrons. The van der Waals surface area contributed by atoms with Gasteiger partial charge in [-0.15, -0.1) is 4.73 Å². The molecule has 0 saturated heterocycles. The molecule has 0 aliphatic heterocycles. The van der Waals surface area contributed by atoms with E-state index >= 15 is 0 Å². The van der Waals surface area contributed by atoms with E-state index in [1.807, 2.05) is 61.5 Å². The first-order valence-corrected chi connectivity index (χ1v) is 8.30. The average Bonchev–Trinajstić information content (AvgIpc) is 2.60. The number of rotatable bonds is 6. The maximum absolute atomic E-state index is 12.8. The van der Waals surface area contributed by atoms with E-state index in [-0.39, 0.29) is 12.2 Å². The van der Waals surface area contributed by atoms with Crippen LogP contribution in [0.3, 0.4) is 0 Å². The van der Waals surface area contributed by atoms with Crippen LogP contribution in [-0.2, 0) is 6.54 Å². The number of hydrogen-bond acceptors (Lipinski definition) is 4. The molecule has 1 atom stereocenters. The molecule has 0 amide bonds. The monoisotopic (exact) mass is 338 g/mol. The lowest BCUT2D eigenvalue weighted by Gasteiger charge is -2.15. The molecular formula is C20H22N2O3. The fourth-order valence-corrected chi connectivity index (χ4v) is 2.57. The molecule has 0 fully saturated rings. The first kappa shape index (κ1) is 17.0. The molecule has 1 aromatic heterocycles. The largest absolute Gasteiger partial charge is 0.407 e. The lowest BCUT2D eigenvalue weighted by atomic mass is 10.1. The number of nitrogens with zero attached hydrogens (tertiary/aromatic N) is 1. The zero-order valence-corrected chi connectivity index (χ0v) is 14.4. The zero-order valence-electron chi connectivity index (χ0n) is 14.4. The van der Waals surface area contributed by atoms with Crippen molar-refractivity contribution in [2.45, 2.75) is 26.5 Å². The molecule has 0 bridgehead atoms. The maximum Gasteiger partial charge on any atom is 0.306 e. The molecule has 2 N–H and O–H groups in total. The second-order valence-electron chi connectivity index (χ2n) is 6.20. The normalized spacial score (nSPS) is 12.1. The van der Waals surface area contributed by atoms with E-state index in [1.54, 1.807) is 6.92 Å². The molecule has 1 heterocycles. The van der Waals surface area contributed by atoms with Gasteiger partial charge in [-0.05, 0) is 31.5 Å². The highest BCUT2D eigenvalue weighted by Crippen LogP contribution is 2.16. The van der Waals surface area contributed by atoms with Crippen molar-refractivity contribution in [3.05, 3.63) is 76.1 Å². The minimum absolute atomic E-state index is 0.0469. The molecule has 1 unspecified atom stereocenters. The van der Waals surface area contributed by atoms with Crippen molar-refractivity contribution in [1.82, 2.24) is 4.73 Å². The van der Waals surface area contributed by atoms with E-state index in [9.17, 15) is 9.90 Å². The number of aliphatic hydroxyl groups excluding tert-OH is 1. The molecule has 0 saturated carbocycles. The topological polar surface area (TPSA) is 63.5 Å².